The van der Waals surface area contributed by atoms with Gasteiger partial charge in [0.15, 0.2) is 6.10 Å². The number of hydrogen-bond acceptors (Lipinski definition) is 7. The predicted octanol–water partition coefficient (Wildman–Crippen LogP) is 1.90. The molecular formula is C22H26FN3O6S. The second-order valence-corrected chi connectivity index (χ2v) is 9.17. The van der Waals surface area contributed by atoms with Crippen LogP contribution in [-0.2, 0) is 29.1 Å². The molecule has 178 valence electrons. The van der Waals surface area contributed by atoms with Crippen LogP contribution in [-0.4, -0.2) is 58.7 Å². The van der Waals surface area contributed by atoms with Gasteiger partial charge in [-0.3, -0.25) is 9.59 Å². The molecule has 1 fully saturated rings. The van der Waals surface area contributed by atoms with Crippen molar-refractivity contribution in [3.05, 3.63) is 54.3 Å². The maximum atomic E-state index is 13.8. The van der Waals surface area contributed by atoms with E-state index in [0.29, 0.717) is 18.9 Å². The largest absolute Gasteiger partial charge is 0.451 e. The lowest BCUT2D eigenvalue weighted by Gasteiger charge is -2.29. The lowest BCUT2D eigenvalue weighted by atomic mass is 10.2. The molecule has 1 amide bonds. The van der Waals surface area contributed by atoms with Gasteiger partial charge in [-0.2, -0.15) is 4.72 Å². The van der Waals surface area contributed by atoms with Gasteiger partial charge in [-0.1, -0.05) is 12.1 Å². The third-order valence-corrected chi connectivity index (χ3v) is 6.56. The maximum absolute atomic E-state index is 13.8. The number of morpholine rings is 1. The highest BCUT2D eigenvalue weighted by atomic mass is 32.2. The summed E-state index contributed by atoms with van der Waals surface area (Å²) in [4.78, 5) is 26.3. The van der Waals surface area contributed by atoms with Gasteiger partial charge >= 0.3 is 5.97 Å². The van der Waals surface area contributed by atoms with E-state index in [1.807, 2.05) is 12.1 Å². The number of nitrogens with one attached hydrogen (secondary N) is 2. The molecule has 9 nitrogen and oxygen atoms in total. The van der Waals surface area contributed by atoms with Crippen molar-refractivity contribution in [1.29, 1.82) is 0 Å². The summed E-state index contributed by atoms with van der Waals surface area (Å²) in [6.07, 6.45) is -1.18. The number of anilines is 2. The van der Waals surface area contributed by atoms with Crippen molar-refractivity contribution in [3.63, 3.8) is 0 Å². The van der Waals surface area contributed by atoms with E-state index in [0.717, 1.165) is 30.9 Å². The molecule has 0 spiro atoms. The molecule has 0 radical (unpaired) electrons. The van der Waals surface area contributed by atoms with Crippen molar-refractivity contribution < 1.29 is 31.9 Å². The molecule has 3 rings (SSSR count). The number of ether oxygens (including phenoxy) is 2. The fourth-order valence-electron chi connectivity index (χ4n) is 3.16. The van der Waals surface area contributed by atoms with Gasteiger partial charge in [0.05, 0.1) is 13.2 Å². The normalized spacial score (nSPS) is 16.0. The zero-order valence-corrected chi connectivity index (χ0v) is 19.1. The lowest BCUT2D eigenvalue weighted by Crippen LogP contribution is -2.42. The minimum absolute atomic E-state index is 0.521. The van der Waals surface area contributed by atoms with Crippen LogP contribution in [0.25, 0.3) is 0 Å². The Morgan fingerprint density at radius 1 is 1.06 bits per heavy atom. The van der Waals surface area contributed by atoms with Crippen molar-refractivity contribution in [1.82, 2.24) is 4.72 Å². The zero-order valence-electron chi connectivity index (χ0n) is 18.3. The highest BCUT2D eigenvalue weighted by Gasteiger charge is 2.28. The topological polar surface area (TPSA) is 114 Å². The first-order valence-corrected chi connectivity index (χ1v) is 11.9. The molecule has 2 aromatic rings. The summed E-state index contributed by atoms with van der Waals surface area (Å²) in [6.45, 7) is 5.52. The van der Waals surface area contributed by atoms with Gasteiger partial charge < -0.3 is 19.7 Å². The minimum atomic E-state index is -4.29. The summed E-state index contributed by atoms with van der Waals surface area (Å²) in [5.41, 5.74) is 1.53. The molecule has 0 saturated carbocycles. The first-order chi connectivity index (χ1) is 15.7. The van der Waals surface area contributed by atoms with Gasteiger partial charge in [-0.05, 0) is 50.2 Å². The number of amides is 1. The van der Waals surface area contributed by atoms with E-state index in [-0.39, 0.29) is 0 Å². The Bertz CT molecular complexity index is 1090. The van der Waals surface area contributed by atoms with Crippen LogP contribution < -0.4 is 14.9 Å². The number of sulfonamides is 1. The number of benzene rings is 2. The summed E-state index contributed by atoms with van der Waals surface area (Å²) < 4.78 is 50.9. The second-order valence-electron chi connectivity index (χ2n) is 7.49. The number of halogens is 1. The van der Waals surface area contributed by atoms with E-state index in [2.05, 4.69) is 14.9 Å². The van der Waals surface area contributed by atoms with Crippen molar-refractivity contribution in [2.75, 3.05) is 36.5 Å². The van der Waals surface area contributed by atoms with Crippen molar-refractivity contribution in [2.45, 2.75) is 30.9 Å². The Hall–Kier alpha value is -3.02. The van der Waals surface area contributed by atoms with Crippen LogP contribution in [0.2, 0.25) is 0 Å². The van der Waals surface area contributed by atoms with Crippen molar-refractivity contribution in [3.8, 4) is 0 Å². The van der Waals surface area contributed by atoms with Gasteiger partial charge in [-0.15, -0.1) is 0 Å². The molecule has 33 heavy (non-hydrogen) atoms. The van der Waals surface area contributed by atoms with E-state index in [1.54, 1.807) is 12.1 Å². The third kappa shape index (κ3) is 6.50. The Balaban J connectivity index is 1.53. The monoisotopic (exact) mass is 479 g/mol. The van der Waals surface area contributed by atoms with Gasteiger partial charge in [0, 0.05) is 24.5 Å². The average molecular weight is 480 g/mol. The summed E-state index contributed by atoms with van der Waals surface area (Å²) in [6, 6.07) is 10.7. The zero-order chi connectivity index (χ0) is 24.0. The quantitative estimate of drug-likeness (QED) is 0.556. The Labute approximate surface area is 191 Å². The van der Waals surface area contributed by atoms with E-state index >= 15 is 0 Å². The maximum Gasteiger partial charge on any atom is 0.324 e. The fourth-order valence-corrected chi connectivity index (χ4v) is 4.43. The average Bonchev–Trinajstić information content (AvgIpc) is 2.80. The molecule has 11 heteroatoms. The van der Waals surface area contributed by atoms with Crippen LogP contribution in [0.15, 0.2) is 53.4 Å². The highest BCUT2D eigenvalue weighted by molar-refractivity contribution is 7.89. The molecule has 1 aliphatic rings. The van der Waals surface area contributed by atoms with E-state index in [9.17, 15) is 22.4 Å². The van der Waals surface area contributed by atoms with Crippen molar-refractivity contribution in [2.24, 2.45) is 0 Å². The lowest BCUT2D eigenvalue weighted by molar-refractivity contribution is -0.154. The number of hydrogen-bond donors (Lipinski definition) is 2. The number of nitrogens with zero attached hydrogens (tertiary/aromatic N) is 1. The number of rotatable bonds is 8. The van der Waals surface area contributed by atoms with Gasteiger partial charge in [0.25, 0.3) is 5.91 Å². The van der Waals surface area contributed by atoms with E-state index in [1.165, 1.54) is 26.0 Å². The molecule has 1 saturated heterocycles. The minimum Gasteiger partial charge on any atom is -0.451 e. The van der Waals surface area contributed by atoms with Crippen molar-refractivity contribution >= 4 is 33.3 Å². The summed E-state index contributed by atoms with van der Waals surface area (Å²) in [5.74, 6) is -2.50. The number of carbonyl (C=O) groups excluding carboxylic acids is 2. The van der Waals surface area contributed by atoms with Gasteiger partial charge in [0.1, 0.15) is 16.8 Å². The summed E-state index contributed by atoms with van der Waals surface area (Å²) >= 11 is 0. The van der Waals surface area contributed by atoms with E-state index in [4.69, 9.17) is 9.47 Å². The Kier molecular flexibility index (Phi) is 8.01. The van der Waals surface area contributed by atoms with Crippen LogP contribution in [0.1, 0.15) is 13.8 Å². The van der Waals surface area contributed by atoms with E-state index < -0.39 is 44.8 Å². The van der Waals surface area contributed by atoms with Crippen LogP contribution in [0.5, 0.6) is 0 Å². The number of carbonyl (C=O) groups is 2. The smallest absolute Gasteiger partial charge is 0.324 e. The van der Waals surface area contributed by atoms with Gasteiger partial charge in [-0.25, -0.2) is 12.8 Å². The molecule has 0 bridgehead atoms. The SMILES string of the molecule is C[C@@H](NS(=O)(=O)c1ccccc1F)C(=O)O[C@H](C)C(=O)Nc1ccc(N2CCOCC2)cc1. The molecule has 2 N–H and O–H groups in total. The molecule has 0 aliphatic carbocycles. The summed E-state index contributed by atoms with van der Waals surface area (Å²) in [7, 11) is -4.29. The molecule has 0 unspecified atom stereocenters. The van der Waals surface area contributed by atoms with Crippen LogP contribution in [0.3, 0.4) is 0 Å². The fraction of sp³-hybridized carbons (Fsp3) is 0.364. The first-order valence-electron chi connectivity index (χ1n) is 10.4. The number of esters is 1. The third-order valence-electron chi connectivity index (χ3n) is 4.98. The molecule has 2 aromatic carbocycles. The molecule has 1 aliphatic heterocycles. The highest BCUT2D eigenvalue weighted by Crippen LogP contribution is 2.19. The van der Waals surface area contributed by atoms with Crippen LogP contribution in [0, 0.1) is 5.82 Å². The molecular weight excluding hydrogens is 453 g/mol. The first kappa shape index (κ1) is 24.6. The van der Waals surface area contributed by atoms with Gasteiger partial charge in [0.2, 0.25) is 10.0 Å². The molecule has 1 heterocycles. The molecule has 2 atom stereocenters. The Morgan fingerprint density at radius 2 is 1.70 bits per heavy atom. The second kappa shape index (κ2) is 10.7. The van der Waals surface area contributed by atoms with Crippen LogP contribution in [0.4, 0.5) is 15.8 Å². The summed E-state index contributed by atoms with van der Waals surface area (Å²) in [5, 5.41) is 2.65. The molecule has 0 aromatic heterocycles. The Morgan fingerprint density at radius 3 is 2.33 bits per heavy atom. The predicted molar refractivity (Wildman–Crippen MR) is 120 cm³/mol. The van der Waals surface area contributed by atoms with Crippen LogP contribution >= 0.6 is 0 Å². The standard InChI is InChI=1S/C22H26FN3O6S/c1-15(25-33(29,30)20-6-4-3-5-19(20)23)22(28)32-16(2)21(27)24-17-7-9-18(10-8-17)26-11-13-31-14-12-26/h3-10,15-16,25H,11-14H2,1-2H3,(H,24,27)/t15-,16-/m1/s1.